The zero-order chi connectivity index (χ0) is 104. The SMILES string of the molecule is CN1CCC(N2CC(F)(F)C[C@@H]2C(=O)N(C)C)CC1.CN1CCC(N2CC(F)(F)C[C@H]2C(=O)N(C)C)CC1.CN1CCC(N2CCCC23CCOC3=O)CC1.COC(=O)[C@@]1(C)CCCN1C1CCN(C)CC1.COC(=O)[C@H]1CSCN1C1CCN(C)CC1.CON(C)C(=O)[C@H]1CC(F)(F)CN1C1CCN(C)CC1.CONC(=O)C1CC(F)(F)CN1C1CCN(C)CC1.C[C@H]1CC(F)(F)CN1C1CCN(C)CC1. The number of carbonyl (C=O) groups is 7. The third-order valence-corrected chi connectivity index (χ3v) is 34.2. The highest BCUT2D eigenvalue weighted by atomic mass is 32.2. The summed E-state index contributed by atoms with van der Waals surface area (Å²) in [6.07, 6.45) is 19.6. The molecular weight excluding hydrogens is 1880 g/mol. The first-order chi connectivity index (χ1) is 66.9. The molecule has 17 aliphatic heterocycles. The van der Waals surface area contributed by atoms with E-state index in [9.17, 15) is 77.5 Å². The van der Waals surface area contributed by atoms with E-state index in [0.717, 1.165) is 231 Å². The standard InChI is InChI=1S/C13H23F2N3O2.2C13H23F2N3O.C13H22N2O2.C13H24N2O2.C12H21F2N3O2.C11H20F2N2.C11H20N2O2S/c1-16-6-4-10(5-7-16)18-9-13(14,15)8-11(18)12(19)17(2)20-3;2*1-16(2)12(19)11-8-13(14,15)9-18(11)10-4-6-17(3)7-5-10;1-14-8-3-11(4-9-14)15-7-2-5-13(15)6-10-17-12(13)16;1-13(12(16)17-3)7-4-8-15(13)11-5-9-14(2)10-6-11;1-16-5-3-9(4-6-16)17-8-12(13,14)7-10(17)11(18)15-19-2;1-9-7-11(12,13)8-15(9)10-3-5-14(2)6-4-10;1-12-5-3-9(4-6-12)13-8-16-7-10(13)11(14)15-2/h10-11H,4-9H2,1-3H3;2*10-11H,4-9H2,1-3H3;11H,2-10H2,1H3;11H,4-10H2,1-3H3;9-10H,3-8H2,1-2H3,(H,15,18);9-10H,3-8H2,1-2H3;9-10H,3-8H2,1-2H3/t3*11-;;13-;;9-;10-/m110.1.01/s1. The number of hydrogen-bond acceptors (Lipinski definition) is 29. The van der Waals surface area contributed by atoms with Crippen molar-refractivity contribution in [2.45, 2.75) is 306 Å². The molecule has 17 aliphatic rings. The number of thioether (sulfide) groups is 1. The average Bonchev–Trinajstić information content (AvgIpc) is 1.60. The number of alkyl halides is 10. The first-order valence-electron chi connectivity index (χ1n) is 52.3. The molecule has 0 saturated carbocycles. The molecule has 0 bridgehead atoms. The second-order valence-electron chi connectivity index (χ2n) is 44.3. The monoisotopic (exact) mass is 2060 g/mol. The maximum atomic E-state index is 13.7. The van der Waals surface area contributed by atoms with Crippen LogP contribution in [0.1, 0.15) is 181 Å². The van der Waals surface area contributed by atoms with Crippen LogP contribution < -0.4 is 5.48 Å². The molecule has 1 N–H and O–H groups in total. The number of halogens is 10. The van der Waals surface area contributed by atoms with E-state index in [1.165, 1.54) is 83.8 Å². The van der Waals surface area contributed by atoms with E-state index < -0.39 is 72.5 Å². The summed E-state index contributed by atoms with van der Waals surface area (Å²) >= 11 is 1.84. The minimum absolute atomic E-state index is 0.0107. The second-order valence-corrected chi connectivity index (χ2v) is 45.3. The van der Waals surface area contributed by atoms with Gasteiger partial charge in [-0.2, -0.15) is 0 Å². The van der Waals surface area contributed by atoms with Crippen molar-refractivity contribution >= 4 is 53.3 Å². The van der Waals surface area contributed by atoms with Gasteiger partial charge in [0, 0.05) is 140 Å². The van der Waals surface area contributed by atoms with Crippen LogP contribution in [0.3, 0.4) is 0 Å². The number of likely N-dealkylation sites (N-methyl/N-ethyl adjacent to an activating group) is 3. The predicted octanol–water partition coefficient (Wildman–Crippen LogP) is 7.44. The van der Waals surface area contributed by atoms with Gasteiger partial charge in [0.25, 0.3) is 41.4 Å². The number of hydroxylamine groups is 3. The van der Waals surface area contributed by atoms with Crippen molar-refractivity contribution in [1.29, 1.82) is 0 Å². The number of methoxy groups -OCH3 is 2. The minimum atomic E-state index is -2.79. The summed E-state index contributed by atoms with van der Waals surface area (Å²) in [7, 11) is 30.4. The molecule has 142 heavy (non-hydrogen) atoms. The Kier molecular flexibility index (Phi) is 44.7. The van der Waals surface area contributed by atoms with Gasteiger partial charge in [0.2, 0.25) is 11.8 Å². The summed E-state index contributed by atoms with van der Waals surface area (Å²) < 4.78 is 151. The molecule has 32 nitrogen and oxygen atoms in total. The molecule has 17 fully saturated rings. The van der Waals surface area contributed by atoms with Crippen LogP contribution >= 0.6 is 11.8 Å². The van der Waals surface area contributed by atoms with Gasteiger partial charge in [0.15, 0.2) is 0 Å². The Morgan fingerprint density at radius 1 is 0.373 bits per heavy atom. The van der Waals surface area contributed by atoms with Crippen molar-refractivity contribution in [3.05, 3.63) is 0 Å². The summed E-state index contributed by atoms with van der Waals surface area (Å²) in [5.74, 6) is -13.0. The van der Waals surface area contributed by atoms with Gasteiger partial charge in [-0.1, -0.05) is 0 Å². The first-order valence-corrected chi connectivity index (χ1v) is 53.5. The lowest BCUT2D eigenvalue weighted by Gasteiger charge is -2.42. The number of rotatable bonds is 16. The topological polar surface area (TPSA) is 239 Å². The first kappa shape index (κ1) is 119. The molecule has 0 aromatic carbocycles. The molecule has 0 aromatic rings. The highest BCUT2D eigenvalue weighted by Gasteiger charge is 2.58. The quantitative estimate of drug-likeness (QED) is 0.0683. The van der Waals surface area contributed by atoms with E-state index in [0.29, 0.717) is 30.8 Å². The molecule has 2 unspecified atom stereocenters. The molecule has 8 atom stereocenters. The molecule has 0 radical (unpaired) electrons. The Hall–Kier alpha value is -4.78. The number of amides is 4. The fraction of sp³-hybridized carbons (Fsp3) is 0.929. The van der Waals surface area contributed by atoms with Crippen LogP contribution in [0.25, 0.3) is 0 Å². The van der Waals surface area contributed by atoms with Crippen molar-refractivity contribution in [3.63, 3.8) is 0 Å². The third-order valence-electron chi connectivity index (χ3n) is 33.2. The molecule has 0 aromatic heterocycles. The van der Waals surface area contributed by atoms with E-state index in [1.54, 1.807) is 47.8 Å². The molecule has 17 saturated heterocycles. The van der Waals surface area contributed by atoms with Crippen molar-refractivity contribution in [3.8, 4) is 0 Å². The number of piperidine rings is 8. The fourth-order valence-electron chi connectivity index (χ4n) is 24.6. The van der Waals surface area contributed by atoms with Gasteiger partial charge in [0.1, 0.15) is 17.1 Å². The maximum absolute atomic E-state index is 13.7. The maximum Gasteiger partial charge on any atom is 0.326 e. The van der Waals surface area contributed by atoms with Gasteiger partial charge in [-0.15, -0.1) is 11.8 Å². The molecular formula is C99H176F10N20O12S. The van der Waals surface area contributed by atoms with E-state index in [1.807, 2.05) is 58.7 Å². The Bertz CT molecular complexity index is 3840. The van der Waals surface area contributed by atoms with Gasteiger partial charge in [-0.3, -0.25) is 82.4 Å². The normalized spacial score (nSPS) is 31.3. The lowest BCUT2D eigenvalue weighted by molar-refractivity contribution is -0.174. The Labute approximate surface area is 844 Å². The molecule has 17 rings (SSSR count). The predicted molar refractivity (Wildman–Crippen MR) is 528 cm³/mol. The molecule has 43 heteroatoms. The number of hydrogen-bond donors (Lipinski definition) is 1. The van der Waals surface area contributed by atoms with Crippen molar-refractivity contribution in [2.75, 3.05) is 289 Å². The van der Waals surface area contributed by atoms with Gasteiger partial charge in [-0.25, -0.2) is 54.4 Å². The summed E-state index contributed by atoms with van der Waals surface area (Å²) in [4.78, 5) is 130. The van der Waals surface area contributed by atoms with Crippen LogP contribution in [0.5, 0.6) is 0 Å². The third kappa shape index (κ3) is 32.6. The highest BCUT2D eigenvalue weighted by molar-refractivity contribution is 7.99. The molecule has 0 aliphatic carbocycles. The van der Waals surface area contributed by atoms with Crippen LogP contribution in [-0.4, -0.2) is 549 Å². The van der Waals surface area contributed by atoms with E-state index >= 15 is 0 Å². The van der Waals surface area contributed by atoms with Gasteiger partial charge < -0.3 is 63.2 Å². The van der Waals surface area contributed by atoms with Gasteiger partial charge >= 0.3 is 17.9 Å². The fourth-order valence-corrected chi connectivity index (χ4v) is 25.9. The van der Waals surface area contributed by atoms with Crippen LogP contribution in [0.4, 0.5) is 43.9 Å². The van der Waals surface area contributed by atoms with Crippen molar-refractivity contribution < 1.29 is 101 Å². The van der Waals surface area contributed by atoms with E-state index in [2.05, 4.69) is 92.4 Å². The number of likely N-dealkylation sites (tertiary alicyclic amines) is 15. The minimum Gasteiger partial charge on any atom is -0.468 e. The van der Waals surface area contributed by atoms with Crippen LogP contribution in [0.15, 0.2) is 0 Å². The van der Waals surface area contributed by atoms with Gasteiger partial charge in [-0.05, 0) is 316 Å². The molecule has 820 valence electrons. The Morgan fingerprint density at radius 2 is 0.676 bits per heavy atom. The van der Waals surface area contributed by atoms with E-state index in [4.69, 9.17) is 19.0 Å². The summed E-state index contributed by atoms with van der Waals surface area (Å²) in [6, 6.07) is -0.412. The van der Waals surface area contributed by atoms with Crippen LogP contribution in [0, 0.1) is 0 Å². The smallest absolute Gasteiger partial charge is 0.326 e. The number of nitrogens with zero attached hydrogens (tertiary/aromatic N) is 19. The summed E-state index contributed by atoms with van der Waals surface area (Å²) in [6.45, 7) is 21.6. The average molecular weight is 2060 g/mol. The summed E-state index contributed by atoms with van der Waals surface area (Å²) in [5.41, 5.74) is 1.56. The Morgan fingerprint density at radius 3 is 0.993 bits per heavy atom. The van der Waals surface area contributed by atoms with Crippen molar-refractivity contribution in [2.24, 2.45) is 0 Å². The molecule has 17 heterocycles. The lowest BCUT2D eigenvalue weighted by Crippen LogP contribution is -2.55. The van der Waals surface area contributed by atoms with E-state index in [-0.39, 0.29) is 135 Å². The van der Waals surface area contributed by atoms with Crippen LogP contribution in [-0.2, 0) is 57.4 Å². The number of ether oxygens (including phenoxy) is 3. The number of cyclic esters (lactones) is 1. The van der Waals surface area contributed by atoms with Crippen molar-refractivity contribution in [1.82, 2.24) is 98.7 Å². The number of carbonyl (C=O) groups excluding carboxylic acids is 7. The Balaban J connectivity index is 0.000000167. The number of esters is 3. The zero-order valence-electron chi connectivity index (χ0n) is 88.9. The highest BCUT2D eigenvalue weighted by Crippen LogP contribution is 2.45. The lowest BCUT2D eigenvalue weighted by atomic mass is 9.91. The molecule has 1 spiro atoms. The largest absolute Gasteiger partial charge is 0.468 e. The van der Waals surface area contributed by atoms with Crippen LogP contribution in [0.2, 0.25) is 0 Å². The second kappa shape index (κ2) is 53.3. The number of nitrogens with one attached hydrogen (secondary N) is 1. The van der Waals surface area contributed by atoms with Gasteiger partial charge in [0.05, 0.1) is 91.9 Å². The molecule has 4 amide bonds. The summed E-state index contributed by atoms with van der Waals surface area (Å²) in [5, 5.41) is 1.05. The zero-order valence-corrected chi connectivity index (χ0v) is 89.8.